The summed E-state index contributed by atoms with van der Waals surface area (Å²) in [6.07, 6.45) is 10.5. The van der Waals surface area contributed by atoms with Gasteiger partial charge in [0.05, 0.1) is 41.0 Å². The predicted molar refractivity (Wildman–Crippen MR) is 214 cm³/mol. The highest BCUT2D eigenvalue weighted by atomic mass is 19.1. The summed E-state index contributed by atoms with van der Waals surface area (Å²) in [5.74, 6) is -1.76. The fourth-order valence-electron chi connectivity index (χ4n) is 6.05. The van der Waals surface area contributed by atoms with E-state index >= 15 is 0 Å². The Morgan fingerprint density at radius 1 is 0.818 bits per heavy atom. The third kappa shape index (κ3) is 12.4. The van der Waals surface area contributed by atoms with E-state index in [1.807, 2.05) is 30.3 Å². The molecule has 0 aliphatic rings. The Kier molecular flexibility index (Phi) is 16.2. The lowest BCUT2D eigenvalue weighted by molar-refractivity contribution is -0.384. The number of anilines is 1. The molecule has 0 unspecified atom stereocenters. The summed E-state index contributed by atoms with van der Waals surface area (Å²) in [7, 11) is 0. The molecule has 55 heavy (non-hydrogen) atoms. The maximum Gasteiger partial charge on any atom is 0.346 e. The van der Waals surface area contributed by atoms with E-state index in [0.717, 1.165) is 56.1 Å². The van der Waals surface area contributed by atoms with E-state index in [1.54, 1.807) is 38.1 Å². The number of esters is 1. The molecule has 0 bridgehead atoms. The van der Waals surface area contributed by atoms with Gasteiger partial charge in [0.25, 0.3) is 5.69 Å². The molecular weight excluding hydrogens is 703 g/mol. The fourth-order valence-corrected chi connectivity index (χ4v) is 6.05. The third-order valence-electron chi connectivity index (χ3n) is 9.57. The molecule has 0 saturated heterocycles. The Balaban J connectivity index is 1.26. The Hall–Kier alpha value is -5.71. The van der Waals surface area contributed by atoms with Gasteiger partial charge >= 0.3 is 11.9 Å². The molecule has 2 atom stereocenters. The van der Waals surface area contributed by atoms with Crippen LogP contribution < -0.4 is 19.9 Å². The summed E-state index contributed by atoms with van der Waals surface area (Å²) in [5.41, 5.74) is 7.93. The van der Waals surface area contributed by atoms with Crippen molar-refractivity contribution in [1.29, 1.82) is 0 Å². The maximum absolute atomic E-state index is 14.5. The molecule has 0 amide bonds. The monoisotopic (exact) mass is 754 g/mol. The number of aromatic carboxylic acids is 1. The molecule has 0 aromatic heterocycles. The molecule has 0 spiro atoms. The van der Waals surface area contributed by atoms with E-state index < -0.39 is 34.6 Å². The Morgan fingerprint density at radius 2 is 1.35 bits per heavy atom. The molecule has 3 N–H and O–H groups in total. The van der Waals surface area contributed by atoms with Crippen LogP contribution in [0.25, 0.3) is 28.3 Å². The van der Waals surface area contributed by atoms with Crippen LogP contribution in [0.1, 0.15) is 94.0 Å². The van der Waals surface area contributed by atoms with Crippen LogP contribution in [-0.2, 0) is 4.79 Å². The number of benzene rings is 4. The van der Waals surface area contributed by atoms with Crippen molar-refractivity contribution in [3.05, 3.63) is 107 Å². The summed E-state index contributed by atoms with van der Waals surface area (Å²) in [6, 6.07) is 21.5. The van der Waals surface area contributed by atoms with Crippen molar-refractivity contribution in [1.82, 2.24) is 0 Å². The van der Waals surface area contributed by atoms with E-state index in [1.165, 1.54) is 49.9 Å². The van der Waals surface area contributed by atoms with E-state index in [9.17, 15) is 29.2 Å². The average molecular weight is 755 g/mol. The second-order valence-electron chi connectivity index (χ2n) is 13.6. The Labute approximate surface area is 322 Å². The number of nitro groups is 1. The lowest BCUT2D eigenvalue weighted by Gasteiger charge is -2.16. The molecule has 0 aliphatic carbocycles. The molecule has 4 rings (SSSR count). The van der Waals surface area contributed by atoms with Crippen LogP contribution in [0.15, 0.2) is 85.4 Å². The summed E-state index contributed by atoms with van der Waals surface area (Å²) in [4.78, 5) is 36.0. The maximum atomic E-state index is 14.5. The van der Waals surface area contributed by atoms with Gasteiger partial charge in [-0.05, 0) is 83.5 Å². The highest BCUT2D eigenvalue weighted by Gasteiger charge is 2.28. The highest BCUT2D eigenvalue weighted by molar-refractivity contribution is 5.98. The van der Waals surface area contributed by atoms with Gasteiger partial charge in [0, 0.05) is 0 Å². The largest absolute Gasteiger partial charge is 0.494 e. The van der Waals surface area contributed by atoms with E-state index in [4.69, 9.17) is 19.9 Å². The Morgan fingerprint density at radius 3 is 1.85 bits per heavy atom. The van der Waals surface area contributed by atoms with Gasteiger partial charge in [-0.25, -0.2) is 14.0 Å². The molecule has 4 aromatic carbocycles. The topological polar surface area (TPSA) is 151 Å². The van der Waals surface area contributed by atoms with Crippen LogP contribution in [0.3, 0.4) is 0 Å². The summed E-state index contributed by atoms with van der Waals surface area (Å²) in [6.45, 7) is 8.34. The lowest BCUT2D eigenvalue weighted by atomic mass is 9.93. The number of nitrogens with two attached hydrogens (primary N) is 1. The van der Waals surface area contributed by atoms with Gasteiger partial charge < -0.3 is 25.1 Å². The van der Waals surface area contributed by atoms with Crippen molar-refractivity contribution in [2.24, 2.45) is 5.92 Å². The molecule has 10 nitrogen and oxygen atoms in total. The first-order valence-corrected chi connectivity index (χ1v) is 18.9. The smallest absolute Gasteiger partial charge is 0.346 e. The number of hydrogen-bond acceptors (Lipinski definition) is 8. The van der Waals surface area contributed by atoms with Crippen molar-refractivity contribution in [2.75, 3.05) is 18.9 Å². The molecule has 0 heterocycles. The number of carbonyl (C=O) groups is 2. The summed E-state index contributed by atoms with van der Waals surface area (Å²) in [5, 5.41) is 22.1. The lowest BCUT2D eigenvalue weighted by Crippen LogP contribution is -2.28. The third-order valence-corrected chi connectivity index (χ3v) is 9.57. The van der Waals surface area contributed by atoms with Crippen LogP contribution in [-0.4, -0.2) is 41.4 Å². The van der Waals surface area contributed by atoms with Crippen molar-refractivity contribution in [3.8, 4) is 39.5 Å². The number of ether oxygens (including phenoxy) is 3. The summed E-state index contributed by atoms with van der Waals surface area (Å²) >= 11 is 0. The number of nitrogen functional groups attached to an aromatic ring is 1. The average Bonchev–Trinajstić information content (AvgIpc) is 3.19. The SMILES string of the molecule is C=Cc1ccc(OCCCCCCCCCCCOc2ccc(-c3cc(-c4cc(N)c(OC(=O)[C@@H](F)[C@@H](C)CC)cc4[N+](=O)[O-])ccc3C(=O)O)cc2)cc1. The molecule has 0 radical (unpaired) electrons. The van der Waals surface area contributed by atoms with Crippen LogP contribution in [0.2, 0.25) is 0 Å². The second-order valence-corrected chi connectivity index (χ2v) is 13.6. The molecule has 0 fully saturated rings. The minimum atomic E-state index is -1.92. The first-order chi connectivity index (χ1) is 26.5. The minimum Gasteiger partial charge on any atom is -0.494 e. The Bertz CT molecular complexity index is 1900. The van der Waals surface area contributed by atoms with Gasteiger partial charge in [-0.3, -0.25) is 10.1 Å². The van der Waals surface area contributed by atoms with E-state index in [0.29, 0.717) is 35.5 Å². The molecule has 292 valence electrons. The zero-order valence-corrected chi connectivity index (χ0v) is 31.6. The first kappa shape index (κ1) is 42.0. The van der Waals surface area contributed by atoms with Crippen LogP contribution in [0, 0.1) is 16.0 Å². The first-order valence-electron chi connectivity index (χ1n) is 18.9. The quantitative estimate of drug-likeness (QED) is 0.0188. The molecular formula is C44H51FN2O8. The molecule has 11 heteroatoms. The summed E-state index contributed by atoms with van der Waals surface area (Å²) < 4.78 is 31.3. The number of unbranched alkanes of at least 4 members (excludes halogenated alkanes) is 8. The van der Waals surface area contributed by atoms with Gasteiger partial charge in [-0.15, -0.1) is 0 Å². The van der Waals surface area contributed by atoms with Gasteiger partial charge in [0.2, 0.25) is 0 Å². The van der Waals surface area contributed by atoms with Crippen LogP contribution >= 0.6 is 0 Å². The minimum absolute atomic E-state index is 0.00236. The van der Waals surface area contributed by atoms with E-state index in [-0.39, 0.29) is 22.6 Å². The zero-order chi connectivity index (χ0) is 39.7. The molecule has 0 aliphatic heterocycles. The van der Waals surface area contributed by atoms with Gasteiger partial charge in [-0.1, -0.05) is 108 Å². The number of carboxylic acid groups (broad SMARTS) is 1. The number of nitrogens with zero attached hydrogens (tertiary/aromatic N) is 1. The van der Waals surface area contributed by atoms with Crippen molar-refractivity contribution in [2.45, 2.75) is 84.2 Å². The van der Waals surface area contributed by atoms with Gasteiger partial charge in [-0.2, -0.15) is 0 Å². The normalized spacial score (nSPS) is 12.1. The number of hydrogen-bond donors (Lipinski definition) is 2. The number of halogens is 1. The second kappa shape index (κ2) is 21.2. The van der Waals surface area contributed by atoms with Crippen molar-refractivity contribution < 1.29 is 38.2 Å². The fraction of sp³-hybridized carbons (Fsp3) is 0.364. The van der Waals surface area contributed by atoms with E-state index in [2.05, 4.69) is 6.58 Å². The van der Waals surface area contributed by atoms with Gasteiger partial charge in [0.15, 0.2) is 11.9 Å². The van der Waals surface area contributed by atoms with Crippen LogP contribution in [0.5, 0.6) is 17.2 Å². The predicted octanol–water partition coefficient (Wildman–Crippen LogP) is 11.1. The molecule has 4 aromatic rings. The number of carbonyl (C=O) groups excluding carboxylic acids is 1. The number of carboxylic acids is 1. The number of rotatable bonds is 23. The highest BCUT2D eigenvalue weighted by Crippen LogP contribution is 2.40. The number of alkyl halides is 1. The van der Waals surface area contributed by atoms with Crippen molar-refractivity contribution in [3.63, 3.8) is 0 Å². The van der Waals surface area contributed by atoms with Crippen LogP contribution in [0.4, 0.5) is 15.8 Å². The number of nitro benzene ring substituents is 1. The zero-order valence-electron chi connectivity index (χ0n) is 31.6. The van der Waals surface area contributed by atoms with Crippen molar-refractivity contribution >= 4 is 29.4 Å². The molecule has 0 saturated carbocycles. The van der Waals surface area contributed by atoms with Gasteiger partial charge in [0.1, 0.15) is 11.5 Å². The standard InChI is InChI=1S/C44H51FN2O8/c1-4-30(3)42(45)44(50)55-41-29-40(47(51)52)38(28-39(41)46)33-19-24-36(43(48)49)37(27-33)32-17-22-35(23-18-32)54-26-14-12-10-8-6-7-9-11-13-25-53-34-20-15-31(5-2)16-21-34/h5,15-24,27-30,42H,2,4,6-14,25-26,46H2,1,3H3,(H,48,49)/t30-,42-/m0/s1.